The van der Waals surface area contributed by atoms with Crippen molar-refractivity contribution in [2.24, 2.45) is 11.8 Å². The van der Waals surface area contributed by atoms with Crippen LogP contribution in [0.25, 0.3) is 0 Å². The lowest BCUT2D eigenvalue weighted by Crippen LogP contribution is -2.66. The highest BCUT2D eigenvalue weighted by Crippen LogP contribution is 2.35. The molecule has 7 heteroatoms. The van der Waals surface area contributed by atoms with Crippen molar-refractivity contribution in [3.8, 4) is 5.75 Å². The Balaban J connectivity index is 1.13. The summed E-state index contributed by atoms with van der Waals surface area (Å²) in [6, 6.07) is 8.39. The fourth-order valence-corrected chi connectivity index (χ4v) is 5.32. The zero-order valence-corrected chi connectivity index (χ0v) is 17.5. The van der Waals surface area contributed by atoms with Gasteiger partial charge in [-0.25, -0.2) is 0 Å². The number of hydrogen-bond donors (Lipinski definition) is 0. The Hall–Kier alpha value is -2.12. The average Bonchev–Trinajstić information content (AvgIpc) is 2.96. The molecule has 4 heterocycles. The van der Waals surface area contributed by atoms with Crippen molar-refractivity contribution >= 4 is 11.8 Å². The van der Waals surface area contributed by atoms with Gasteiger partial charge in [0, 0.05) is 69.4 Å². The number of benzene rings is 1. The van der Waals surface area contributed by atoms with Crippen molar-refractivity contribution in [3.05, 3.63) is 29.8 Å². The van der Waals surface area contributed by atoms with Gasteiger partial charge in [0.15, 0.2) is 0 Å². The first-order valence-corrected chi connectivity index (χ1v) is 11.3. The molecule has 4 aliphatic rings. The molecule has 30 heavy (non-hydrogen) atoms. The fraction of sp³-hybridized carbons (Fsp3) is 0.652. The summed E-state index contributed by atoms with van der Waals surface area (Å²) in [6.07, 6.45) is 2.59. The molecule has 2 unspecified atom stereocenters. The fourth-order valence-electron chi connectivity index (χ4n) is 5.32. The van der Waals surface area contributed by atoms with E-state index in [0.29, 0.717) is 44.2 Å². The normalized spacial score (nSPS) is 27.3. The van der Waals surface area contributed by atoms with Gasteiger partial charge in [-0.1, -0.05) is 18.2 Å². The predicted octanol–water partition coefficient (Wildman–Crippen LogP) is 1.37. The van der Waals surface area contributed by atoms with Gasteiger partial charge in [-0.2, -0.15) is 0 Å². The van der Waals surface area contributed by atoms with E-state index in [9.17, 15) is 9.59 Å². The molecule has 0 aliphatic carbocycles. The van der Waals surface area contributed by atoms with Gasteiger partial charge >= 0.3 is 0 Å². The summed E-state index contributed by atoms with van der Waals surface area (Å²) in [7, 11) is 0. The van der Waals surface area contributed by atoms with E-state index in [1.807, 2.05) is 23.1 Å². The standard InChI is InChI=1S/C23H31N3O4/c27-22(16-24-9-12-30-21-4-2-1-3-18(21)13-24)25-8-5-20-19(14-25)15-26(20)23(28)17-6-10-29-11-7-17/h1-4,17,19-20H,5-16H2. The second-order valence-electron chi connectivity index (χ2n) is 9.00. The van der Waals surface area contributed by atoms with Gasteiger partial charge in [0.05, 0.1) is 6.54 Å². The smallest absolute Gasteiger partial charge is 0.236 e. The van der Waals surface area contributed by atoms with E-state index in [0.717, 1.165) is 63.3 Å². The Morgan fingerprint density at radius 1 is 1.00 bits per heavy atom. The largest absolute Gasteiger partial charge is 0.492 e. The maximum Gasteiger partial charge on any atom is 0.236 e. The molecular weight excluding hydrogens is 382 g/mol. The van der Waals surface area contributed by atoms with Gasteiger partial charge in [0.1, 0.15) is 12.4 Å². The van der Waals surface area contributed by atoms with Crippen molar-refractivity contribution in [1.29, 1.82) is 0 Å². The lowest BCUT2D eigenvalue weighted by atomic mass is 9.81. The van der Waals surface area contributed by atoms with Crippen molar-refractivity contribution in [2.75, 3.05) is 52.5 Å². The van der Waals surface area contributed by atoms with Crippen LogP contribution in [0.1, 0.15) is 24.8 Å². The Kier molecular flexibility index (Phi) is 5.65. The summed E-state index contributed by atoms with van der Waals surface area (Å²) >= 11 is 0. The molecular formula is C23H31N3O4. The molecule has 2 amide bonds. The molecule has 1 aromatic rings. The topological polar surface area (TPSA) is 62.3 Å². The third kappa shape index (κ3) is 3.93. The maximum atomic E-state index is 13.0. The molecule has 1 aromatic carbocycles. The number of fused-ring (bicyclic) bond motifs is 2. The maximum absolute atomic E-state index is 13.0. The molecule has 0 N–H and O–H groups in total. The zero-order chi connectivity index (χ0) is 20.5. The number of carbonyl (C=O) groups excluding carboxylic acids is 2. The Morgan fingerprint density at radius 2 is 1.83 bits per heavy atom. The van der Waals surface area contributed by atoms with Crippen LogP contribution in [0.4, 0.5) is 0 Å². The number of likely N-dealkylation sites (tertiary alicyclic amines) is 2. The quantitative estimate of drug-likeness (QED) is 0.749. The summed E-state index contributed by atoms with van der Waals surface area (Å²) in [6.45, 7) is 6.27. The lowest BCUT2D eigenvalue weighted by molar-refractivity contribution is -0.158. The first-order valence-electron chi connectivity index (χ1n) is 11.3. The SMILES string of the molecule is O=C(CN1CCOc2ccccc2C1)N1CCC2C(C1)CN2C(=O)C1CCOCC1. The first-order chi connectivity index (χ1) is 14.7. The minimum atomic E-state index is 0.132. The van der Waals surface area contributed by atoms with E-state index in [1.54, 1.807) is 0 Å². The van der Waals surface area contributed by atoms with Gasteiger partial charge in [0.2, 0.25) is 11.8 Å². The molecule has 4 aliphatic heterocycles. The molecule has 7 nitrogen and oxygen atoms in total. The van der Waals surface area contributed by atoms with E-state index in [-0.39, 0.29) is 11.8 Å². The molecule has 3 saturated heterocycles. The zero-order valence-electron chi connectivity index (χ0n) is 17.5. The van der Waals surface area contributed by atoms with Crippen molar-refractivity contribution < 1.29 is 19.1 Å². The minimum Gasteiger partial charge on any atom is -0.492 e. The first kappa shape index (κ1) is 19.8. The Morgan fingerprint density at radius 3 is 2.67 bits per heavy atom. The Labute approximate surface area is 177 Å². The number of ether oxygens (including phenoxy) is 2. The summed E-state index contributed by atoms with van der Waals surface area (Å²) in [5.41, 5.74) is 1.14. The van der Waals surface area contributed by atoms with E-state index in [4.69, 9.17) is 9.47 Å². The number of para-hydroxylation sites is 1. The molecule has 0 spiro atoms. The average molecular weight is 414 g/mol. The molecule has 2 atom stereocenters. The van der Waals surface area contributed by atoms with Gasteiger partial charge in [0.25, 0.3) is 0 Å². The van der Waals surface area contributed by atoms with E-state index < -0.39 is 0 Å². The van der Waals surface area contributed by atoms with Crippen LogP contribution in [0.5, 0.6) is 5.75 Å². The Bertz CT molecular complexity index is 794. The van der Waals surface area contributed by atoms with E-state index >= 15 is 0 Å². The molecule has 162 valence electrons. The van der Waals surface area contributed by atoms with Crippen LogP contribution in [-0.2, 0) is 20.9 Å². The number of carbonyl (C=O) groups is 2. The third-order valence-electron chi connectivity index (χ3n) is 7.12. The second kappa shape index (κ2) is 8.55. The van der Waals surface area contributed by atoms with Crippen LogP contribution < -0.4 is 4.74 Å². The van der Waals surface area contributed by atoms with Crippen molar-refractivity contribution in [3.63, 3.8) is 0 Å². The number of rotatable bonds is 3. The van der Waals surface area contributed by atoms with Crippen LogP contribution in [0.15, 0.2) is 24.3 Å². The lowest BCUT2D eigenvalue weighted by Gasteiger charge is -2.54. The number of piperidine rings is 1. The van der Waals surface area contributed by atoms with Gasteiger partial charge in [-0.3, -0.25) is 14.5 Å². The highest BCUT2D eigenvalue weighted by molar-refractivity contribution is 5.81. The van der Waals surface area contributed by atoms with Crippen molar-refractivity contribution in [2.45, 2.75) is 31.8 Å². The number of hydrogen-bond acceptors (Lipinski definition) is 5. The van der Waals surface area contributed by atoms with Crippen LogP contribution in [-0.4, -0.2) is 85.1 Å². The minimum absolute atomic E-state index is 0.132. The highest BCUT2D eigenvalue weighted by Gasteiger charge is 2.47. The molecule has 0 aromatic heterocycles. The number of nitrogens with zero attached hydrogens (tertiary/aromatic N) is 3. The second-order valence-corrected chi connectivity index (χ2v) is 9.00. The van der Waals surface area contributed by atoms with Crippen LogP contribution in [0, 0.1) is 11.8 Å². The number of amides is 2. The van der Waals surface area contributed by atoms with Gasteiger partial charge in [-0.05, 0) is 25.3 Å². The third-order valence-corrected chi connectivity index (χ3v) is 7.12. The predicted molar refractivity (Wildman–Crippen MR) is 111 cm³/mol. The molecule has 0 saturated carbocycles. The van der Waals surface area contributed by atoms with Crippen LogP contribution in [0.3, 0.4) is 0 Å². The molecule has 0 radical (unpaired) electrons. The summed E-state index contributed by atoms with van der Waals surface area (Å²) in [5, 5.41) is 0. The van der Waals surface area contributed by atoms with Crippen LogP contribution in [0.2, 0.25) is 0 Å². The van der Waals surface area contributed by atoms with Gasteiger partial charge in [-0.15, -0.1) is 0 Å². The van der Waals surface area contributed by atoms with Crippen molar-refractivity contribution in [1.82, 2.24) is 14.7 Å². The molecule has 0 bridgehead atoms. The van der Waals surface area contributed by atoms with Crippen LogP contribution >= 0.6 is 0 Å². The highest BCUT2D eigenvalue weighted by atomic mass is 16.5. The molecule has 5 rings (SSSR count). The summed E-state index contributed by atoms with van der Waals surface area (Å²) in [4.78, 5) is 32.1. The monoisotopic (exact) mass is 413 g/mol. The summed E-state index contributed by atoms with van der Waals surface area (Å²) < 4.78 is 11.2. The van der Waals surface area contributed by atoms with E-state index in [1.165, 1.54) is 0 Å². The van der Waals surface area contributed by atoms with Gasteiger partial charge < -0.3 is 19.3 Å². The molecule has 3 fully saturated rings. The summed E-state index contributed by atoms with van der Waals surface area (Å²) in [5.74, 6) is 1.99. The van der Waals surface area contributed by atoms with E-state index in [2.05, 4.69) is 15.9 Å².